The number of hydrogen-bond acceptors (Lipinski definition) is 15. The summed E-state index contributed by atoms with van der Waals surface area (Å²) in [5.74, 6) is 7.33. The van der Waals surface area contributed by atoms with Gasteiger partial charge in [0.2, 0.25) is 0 Å². The molecule has 12 aromatic rings. The van der Waals surface area contributed by atoms with E-state index >= 15 is 0 Å². The maximum absolute atomic E-state index is 9.50. The molecular formula is C86H84Al2F8N16O3Si2. The normalized spacial score (nSPS) is 16.6. The molecule has 8 aromatic carbocycles. The van der Waals surface area contributed by atoms with E-state index in [1.165, 1.54) is 0 Å². The fraction of sp³-hybridized carbons (Fsp3) is 0.256. The van der Waals surface area contributed by atoms with E-state index in [0.717, 1.165) is 152 Å². The van der Waals surface area contributed by atoms with E-state index in [0.29, 0.717) is 149 Å². The van der Waals surface area contributed by atoms with Gasteiger partial charge in [0, 0.05) is 98.7 Å². The summed E-state index contributed by atoms with van der Waals surface area (Å²) in [6.07, 6.45) is 10.1. The number of aromatic nitrogens is 4. The molecule has 0 N–H and O–H groups in total. The predicted molar refractivity (Wildman–Crippen MR) is 459 cm³/mol. The van der Waals surface area contributed by atoms with Crippen LogP contribution in [0.1, 0.15) is 109 Å². The maximum Gasteiger partial charge on any atom is 0.800 e. The second-order valence-corrected chi connectivity index (χ2v) is 39.8. The highest BCUT2D eigenvalue weighted by Gasteiger charge is 2.59. The molecule has 596 valence electrons. The van der Waals surface area contributed by atoms with Gasteiger partial charge < -0.3 is 25.3 Å². The second kappa shape index (κ2) is 36.0. The number of fused-ring (bicyclic) bond motifs is 28. The van der Waals surface area contributed by atoms with Crippen molar-refractivity contribution in [3.8, 4) is 0 Å². The van der Waals surface area contributed by atoms with Gasteiger partial charge in [-0.1, -0.05) is 233 Å². The zero-order valence-electron chi connectivity index (χ0n) is 66.3. The summed E-state index contributed by atoms with van der Waals surface area (Å²) in [4.78, 5) is 68.0. The number of hydrogen-bond donors (Lipinski definition) is 0. The molecule has 0 spiro atoms. The molecule has 2 saturated carbocycles. The smallest absolute Gasteiger partial charge is 0.489 e. The van der Waals surface area contributed by atoms with Gasteiger partial charge in [0.1, 0.15) is 45.2 Å². The van der Waals surface area contributed by atoms with Crippen molar-refractivity contribution in [2.45, 2.75) is 88.4 Å². The molecule has 117 heavy (non-hydrogen) atoms. The molecule has 4 aromatic heterocycles. The topological polar surface area (TPSA) is 196 Å². The Bertz CT molecular complexity index is 5660. The quantitative estimate of drug-likeness (QED) is 0.108. The Morgan fingerprint density at radius 3 is 0.650 bits per heavy atom. The third-order valence-electron chi connectivity index (χ3n) is 22.3. The van der Waals surface area contributed by atoms with Crippen molar-refractivity contribution < 1.29 is 46.2 Å². The summed E-state index contributed by atoms with van der Waals surface area (Å²) in [6.45, 7) is 4.78. The molecular weight excluding hydrogens is 1570 g/mol. The average molecular weight is 1650 g/mol. The Morgan fingerprint density at radius 2 is 0.436 bits per heavy atom. The third kappa shape index (κ3) is 14.2. The van der Waals surface area contributed by atoms with Crippen LogP contribution in [0.4, 0.5) is 58.4 Å². The highest BCUT2D eigenvalue weighted by Crippen LogP contribution is 2.50. The lowest BCUT2D eigenvalue weighted by Gasteiger charge is -2.48. The molecule has 2 atom stereocenters. The lowest BCUT2D eigenvalue weighted by Crippen LogP contribution is -2.65. The van der Waals surface area contributed by atoms with Crippen LogP contribution in [-0.2, 0) is 11.1 Å². The van der Waals surface area contributed by atoms with Gasteiger partial charge in [-0.25, -0.2) is 59.9 Å². The lowest BCUT2D eigenvalue weighted by atomic mass is 10.0. The summed E-state index contributed by atoms with van der Waals surface area (Å²) in [6, 6.07) is 67.3. The Balaban J connectivity index is 0.000000667. The van der Waals surface area contributed by atoms with E-state index in [1.807, 2.05) is 0 Å². The van der Waals surface area contributed by atoms with Crippen LogP contribution in [-0.4, -0.2) is 165 Å². The van der Waals surface area contributed by atoms with E-state index < -0.39 is 47.0 Å². The number of rotatable bonds is 8. The van der Waals surface area contributed by atoms with E-state index in [9.17, 15) is 35.1 Å². The highest BCUT2D eigenvalue weighted by atomic mass is 28.5. The first kappa shape index (κ1) is 82.8. The average Bonchev–Trinajstić information content (AvgIpc) is 1.55. The van der Waals surface area contributed by atoms with Gasteiger partial charge >= 0.3 is 47.0 Å². The van der Waals surface area contributed by atoms with Gasteiger partial charge in [0.25, 0.3) is 0 Å². The summed E-state index contributed by atoms with van der Waals surface area (Å²) < 4.78 is 112. The van der Waals surface area contributed by atoms with Crippen LogP contribution in [0.3, 0.4) is 0 Å². The highest BCUT2D eigenvalue weighted by molar-refractivity contribution is 6.87. The van der Waals surface area contributed by atoms with Crippen molar-refractivity contribution in [2.75, 3.05) is 57.4 Å². The summed E-state index contributed by atoms with van der Waals surface area (Å²) in [5, 5.41) is 7.31. The van der Waals surface area contributed by atoms with Crippen molar-refractivity contribution in [1.82, 2.24) is 14.2 Å². The number of alkyl halides is 8. The largest absolute Gasteiger partial charge is 0.800 e. The van der Waals surface area contributed by atoms with Crippen LogP contribution in [0.5, 0.6) is 0 Å². The Morgan fingerprint density at radius 1 is 0.248 bits per heavy atom. The molecule has 2 unspecified atom stereocenters. The minimum Gasteiger partial charge on any atom is -0.489 e. The van der Waals surface area contributed by atoms with Gasteiger partial charge in [0.15, 0.2) is 46.7 Å². The van der Waals surface area contributed by atoms with E-state index in [-0.39, 0.29) is 11.1 Å². The van der Waals surface area contributed by atoms with Crippen molar-refractivity contribution in [1.29, 1.82) is 0 Å². The Hall–Kier alpha value is -10.7. The molecule has 2 fully saturated rings. The van der Waals surface area contributed by atoms with Crippen LogP contribution in [0.15, 0.2) is 254 Å². The van der Waals surface area contributed by atoms with Crippen LogP contribution < -0.4 is 22.0 Å². The predicted octanol–water partition coefficient (Wildman–Crippen LogP) is 18.4. The fourth-order valence-corrected chi connectivity index (χ4v) is 36.5. The molecule has 2 aliphatic carbocycles. The molecule has 0 saturated heterocycles. The van der Waals surface area contributed by atoms with Crippen LogP contribution >= 0.6 is 0 Å². The molecule has 19 nitrogen and oxygen atoms in total. The first-order valence-corrected chi connectivity index (χ1v) is 46.1. The van der Waals surface area contributed by atoms with Crippen molar-refractivity contribution in [3.63, 3.8) is 0 Å². The van der Waals surface area contributed by atoms with E-state index in [1.54, 1.807) is 0 Å². The maximum atomic E-state index is 9.50. The van der Waals surface area contributed by atoms with Crippen molar-refractivity contribution in [3.05, 3.63) is 261 Å². The molecule has 0 amide bonds. The van der Waals surface area contributed by atoms with Gasteiger partial charge in [-0.3, -0.25) is 35.1 Å². The number of nitrogens with zero attached hydrogens (tertiary/aromatic N) is 16. The standard InChI is InChI=1S/2C32H16N8.C14H28O3Si2.8CH3F.2Al/c2*1-2-10-18-17(9-1)25-33-26(18)38-28-21-13-5-6-14-22(21)30(35-28)40-32-24-16-8-7-15-23(24)31(36-32)39-29-20-12-4-3-11-19(20)27(34-29)37-25;1-18(15,13-9-5-3-6-10-13)17-19(2,16)14-11-7-4-8-12-14;8*1-2;;/h2*1-16H;13-14H,3-12H2,1-2H3;8*1H3;;/q3*-2;;;;;;;;;2*+3. The lowest BCUT2D eigenvalue weighted by molar-refractivity contribution is 0.266. The Kier molecular flexibility index (Phi) is 25.5. The van der Waals surface area contributed by atoms with Gasteiger partial charge in [0.05, 0.1) is 57.4 Å². The molecule has 10 aliphatic rings. The monoisotopic (exact) mass is 1650 g/mol. The van der Waals surface area contributed by atoms with Crippen LogP contribution in [0.25, 0.3) is 43.1 Å². The summed E-state index contributed by atoms with van der Waals surface area (Å²) in [7, 11) is -3.65. The first-order chi connectivity index (χ1) is 57.8. The zero-order valence-corrected chi connectivity index (χ0v) is 70.6. The summed E-state index contributed by atoms with van der Waals surface area (Å²) >= 11 is -7.09. The number of benzene rings is 8. The number of aliphatic imine (C=N–C) groups is 8. The molecule has 12 heterocycles. The molecule has 31 heteroatoms. The van der Waals surface area contributed by atoms with Gasteiger partial charge in [-0.2, -0.15) is 0 Å². The second-order valence-electron chi connectivity index (χ2n) is 28.1. The number of halogens is 8. The minimum atomic E-state index is -3.83. The number of amidine groups is 8. The Labute approximate surface area is 682 Å². The molecule has 12 bridgehead atoms. The SMILES string of the molecule is CF.CF.CF.CF.CF.CF.CF.CF.C[Si]([O][Al]1[n]2c3c4ccccc4c2N=C2N=C(N=c4c5ccccc5c([n]41)=NC1=NC(=N3)c3ccccc31)c1ccccc12)(O[Si](C)([O][Al]1[n]2c3c4ccccc4c2N=C2N=C(N=c4c5ccccc5c([n]41)=NC1=NC(=N3)c3ccccc31)c1ccccc12)C1CCCCC1)C1CCCCC1. The van der Waals surface area contributed by atoms with Gasteiger partial charge in [-0.15, -0.1) is 0 Å². The van der Waals surface area contributed by atoms with Crippen molar-refractivity contribution >= 4 is 160 Å². The molecule has 8 aliphatic heterocycles. The third-order valence-corrected chi connectivity index (χ3v) is 38.8. The van der Waals surface area contributed by atoms with E-state index in [4.69, 9.17) is 71.0 Å². The van der Waals surface area contributed by atoms with E-state index in [2.05, 4.69) is 221 Å². The first-order valence-electron chi connectivity index (χ1n) is 38.3. The van der Waals surface area contributed by atoms with Crippen LogP contribution in [0, 0.1) is 0 Å². The molecule has 22 rings (SSSR count). The zero-order chi connectivity index (χ0) is 82.4. The minimum absolute atomic E-state index is 0.0277. The van der Waals surface area contributed by atoms with Gasteiger partial charge in [-0.05, 0) is 38.8 Å². The summed E-state index contributed by atoms with van der Waals surface area (Å²) in [5.41, 5.74) is 10.0. The molecule has 0 radical (unpaired) electrons. The van der Waals surface area contributed by atoms with Crippen LogP contribution in [0.2, 0.25) is 24.2 Å². The van der Waals surface area contributed by atoms with Crippen molar-refractivity contribution in [2.24, 2.45) is 59.9 Å². The fourth-order valence-electron chi connectivity index (χ4n) is 17.5.